The standard InChI is InChI=1S/C24H40FN3.C8H10O.C6H12.C3H7F.C2H6/c1-5-23(6-2)28(16-13-26-18-20(3)4)24-11-14-27(15-12-24)19-22-9-7-21(17-25)8-10-22;1-5(2)7-4-8(9)6(7)3;1-5(2)6(3)4;1-3(2)4;1-2/h7-10,18,23-24,26H,5-6,11-17,19H2,1-4H3;4-5H,3H2,1-2H3;6H,1H2,2-4H3;3H,1-2H3;1-2H3. The number of benzene rings is 1. The van der Waals surface area contributed by atoms with Crippen LogP contribution in [0.15, 0.2) is 72.0 Å². The van der Waals surface area contributed by atoms with Crippen molar-refractivity contribution in [3.63, 3.8) is 0 Å². The molecule has 1 aliphatic carbocycles. The molecule has 1 N–H and O–H groups in total. The molecule has 1 heterocycles. The summed E-state index contributed by atoms with van der Waals surface area (Å²) in [7, 11) is 0. The Morgan fingerprint density at radius 3 is 1.78 bits per heavy atom. The number of hydrogen-bond acceptors (Lipinski definition) is 4. The van der Waals surface area contributed by atoms with Gasteiger partial charge in [0.1, 0.15) is 6.67 Å². The van der Waals surface area contributed by atoms with Crippen LogP contribution in [0.4, 0.5) is 8.78 Å². The quantitative estimate of drug-likeness (QED) is 0.127. The third kappa shape index (κ3) is 22.0. The molecular formula is C43H75F2N3O. The molecule has 0 amide bonds. The second-order valence-electron chi connectivity index (χ2n) is 14.0. The van der Waals surface area contributed by atoms with Crippen molar-refractivity contribution in [1.29, 1.82) is 0 Å². The third-order valence-corrected chi connectivity index (χ3v) is 8.47. The molecular weight excluding hydrogens is 612 g/mol. The molecule has 1 fully saturated rings. The van der Waals surface area contributed by atoms with Crippen molar-refractivity contribution in [3.05, 3.63) is 83.1 Å². The lowest BCUT2D eigenvalue weighted by Gasteiger charge is -2.42. The second kappa shape index (κ2) is 28.2. The van der Waals surface area contributed by atoms with E-state index in [9.17, 15) is 13.6 Å². The molecule has 2 aliphatic rings. The van der Waals surface area contributed by atoms with Crippen molar-refractivity contribution in [1.82, 2.24) is 15.1 Å². The molecule has 0 saturated carbocycles. The fraction of sp³-hybridized carbons (Fsp3) is 0.651. The lowest BCUT2D eigenvalue weighted by Crippen LogP contribution is -2.50. The number of carbonyl (C=O) groups excluding carboxylic acids is 1. The molecule has 0 bridgehead atoms. The molecule has 0 spiro atoms. The molecule has 1 saturated heterocycles. The van der Waals surface area contributed by atoms with E-state index in [0.717, 1.165) is 43.9 Å². The average molecular weight is 688 g/mol. The highest BCUT2D eigenvalue weighted by Crippen LogP contribution is 2.27. The first kappa shape index (κ1) is 48.5. The Balaban J connectivity index is 0. The smallest absolute Gasteiger partial charge is 0.185 e. The monoisotopic (exact) mass is 688 g/mol. The van der Waals surface area contributed by atoms with E-state index in [1.165, 1.54) is 56.2 Å². The molecule has 0 unspecified atom stereocenters. The number of ketones is 1. The van der Waals surface area contributed by atoms with E-state index in [1.54, 1.807) is 6.08 Å². The van der Waals surface area contributed by atoms with Gasteiger partial charge in [0.15, 0.2) is 5.78 Å². The summed E-state index contributed by atoms with van der Waals surface area (Å²) in [6, 6.07) is 9.34. The minimum Gasteiger partial charge on any atom is -0.390 e. The Bertz CT molecular complexity index is 1090. The van der Waals surface area contributed by atoms with Gasteiger partial charge >= 0.3 is 0 Å². The first-order valence-electron chi connectivity index (χ1n) is 18.8. The molecule has 1 aromatic carbocycles. The van der Waals surface area contributed by atoms with Gasteiger partial charge in [-0.15, -0.1) is 0 Å². The summed E-state index contributed by atoms with van der Waals surface area (Å²) in [5.74, 6) is 1.21. The van der Waals surface area contributed by atoms with Crippen LogP contribution in [0.2, 0.25) is 0 Å². The number of piperidine rings is 1. The van der Waals surface area contributed by atoms with E-state index in [2.05, 4.69) is 102 Å². The van der Waals surface area contributed by atoms with Gasteiger partial charge in [0.25, 0.3) is 0 Å². The van der Waals surface area contributed by atoms with Crippen LogP contribution in [-0.4, -0.2) is 60.0 Å². The fourth-order valence-electron chi connectivity index (χ4n) is 5.19. The van der Waals surface area contributed by atoms with E-state index in [4.69, 9.17) is 0 Å². The summed E-state index contributed by atoms with van der Waals surface area (Å²) in [5.41, 5.74) is 6.45. The van der Waals surface area contributed by atoms with E-state index in [-0.39, 0.29) is 12.5 Å². The number of rotatable bonds is 13. The first-order valence-corrected chi connectivity index (χ1v) is 18.8. The van der Waals surface area contributed by atoms with Crippen LogP contribution in [0.5, 0.6) is 0 Å². The van der Waals surface area contributed by atoms with Crippen molar-refractivity contribution in [2.24, 2.45) is 11.8 Å². The van der Waals surface area contributed by atoms with Crippen LogP contribution < -0.4 is 5.32 Å². The fourth-order valence-corrected chi connectivity index (χ4v) is 5.19. The summed E-state index contributed by atoms with van der Waals surface area (Å²) in [6.07, 6.45) is 8.04. The molecule has 0 atom stereocenters. The predicted molar refractivity (Wildman–Crippen MR) is 212 cm³/mol. The van der Waals surface area contributed by atoms with Gasteiger partial charge in [-0.25, -0.2) is 8.78 Å². The van der Waals surface area contributed by atoms with Gasteiger partial charge in [-0.2, -0.15) is 0 Å². The van der Waals surface area contributed by atoms with Crippen LogP contribution in [0, 0.1) is 11.8 Å². The van der Waals surface area contributed by atoms with E-state index >= 15 is 0 Å². The summed E-state index contributed by atoms with van der Waals surface area (Å²) in [6.45, 7) is 38.8. The Kier molecular flexibility index (Phi) is 27.9. The molecule has 49 heavy (non-hydrogen) atoms. The predicted octanol–water partition coefficient (Wildman–Crippen LogP) is 11.4. The molecule has 0 aromatic heterocycles. The number of hydrogen-bond donors (Lipinski definition) is 1. The summed E-state index contributed by atoms with van der Waals surface area (Å²) >= 11 is 0. The first-order chi connectivity index (χ1) is 23.1. The maximum Gasteiger partial charge on any atom is 0.185 e. The number of allylic oxidation sites excluding steroid dienone is 5. The Morgan fingerprint density at radius 1 is 0.980 bits per heavy atom. The summed E-state index contributed by atoms with van der Waals surface area (Å²) in [5, 5.41) is 3.47. The lowest BCUT2D eigenvalue weighted by atomic mass is 9.84. The van der Waals surface area contributed by atoms with Crippen LogP contribution >= 0.6 is 0 Å². The molecule has 4 nitrogen and oxygen atoms in total. The highest BCUT2D eigenvalue weighted by molar-refractivity contribution is 6.15. The van der Waals surface area contributed by atoms with E-state index in [0.29, 0.717) is 29.5 Å². The van der Waals surface area contributed by atoms with Crippen molar-refractivity contribution < 1.29 is 13.6 Å². The zero-order chi connectivity index (χ0) is 38.1. The van der Waals surface area contributed by atoms with Crippen molar-refractivity contribution in [2.75, 3.05) is 26.2 Å². The average Bonchev–Trinajstić information content (AvgIpc) is 3.06. The zero-order valence-corrected chi connectivity index (χ0v) is 33.9. The molecule has 1 aliphatic heterocycles. The van der Waals surface area contributed by atoms with Crippen LogP contribution in [0.1, 0.15) is 127 Å². The highest BCUT2D eigenvalue weighted by Gasteiger charge is 2.28. The van der Waals surface area contributed by atoms with Gasteiger partial charge in [-0.05, 0) is 114 Å². The van der Waals surface area contributed by atoms with Crippen molar-refractivity contribution in [3.8, 4) is 0 Å². The molecule has 3 rings (SSSR count). The van der Waals surface area contributed by atoms with E-state index < -0.39 is 6.17 Å². The highest BCUT2D eigenvalue weighted by atomic mass is 19.1. The van der Waals surface area contributed by atoms with Gasteiger partial charge in [-0.3, -0.25) is 14.6 Å². The number of alkyl halides is 2. The summed E-state index contributed by atoms with van der Waals surface area (Å²) in [4.78, 5) is 15.9. The minimum atomic E-state index is -0.667. The van der Waals surface area contributed by atoms with Crippen LogP contribution in [-0.2, 0) is 18.0 Å². The topological polar surface area (TPSA) is 35.6 Å². The third-order valence-electron chi connectivity index (χ3n) is 8.47. The van der Waals surface area contributed by atoms with Gasteiger partial charge < -0.3 is 5.32 Å². The minimum absolute atomic E-state index is 0.0960. The number of nitrogens with zero attached hydrogens (tertiary/aromatic N) is 2. The lowest BCUT2D eigenvalue weighted by molar-refractivity contribution is -0.112. The molecule has 6 heteroatoms. The SMILES string of the molecule is C=C(C)C(C)C.C=C1C(=O)C=C1C(C)C.CC.CC(C)F.CCC(CC)N(CCNC=C(C)C)C1CCN(Cc2ccc(CF)cc2)CC1. The Morgan fingerprint density at radius 2 is 1.45 bits per heavy atom. The van der Waals surface area contributed by atoms with Crippen molar-refractivity contribution >= 4 is 5.78 Å². The van der Waals surface area contributed by atoms with Crippen LogP contribution in [0.25, 0.3) is 0 Å². The normalized spacial score (nSPS) is 14.4. The van der Waals surface area contributed by atoms with Gasteiger partial charge in [0, 0.05) is 37.3 Å². The summed E-state index contributed by atoms with van der Waals surface area (Å²) < 4.78 is 23.7. The van der Waals surface area contributed by atoms with Crippen molar-refractivity contribution in [2.45, 2.75) is 147 Å². The van der Waals surface area contributed by atoms with Gasteiger partial charge in [0.2, 0.25) is 0 Å². The number of nitrogens with one attached hydrogen (secondary N) is 1. The second-order valence-corrected chi connectivity index (χ2v) is 14.0. The Labute approximate surface area is 302 Å². The maximum absolute atomic E-state index is 12.7. The van der Waals surface area contributed by atoms with E-state index in [1.807, 2.05) is 32.9 Å². The number of likely N-dealkylation sites (tertiary alicyclic amines) is 1. The zero-order valence-electron chi connectivity index (χ0n) is 33.9. The largest absolute Gasteiger partial charge is 0.390 e. The maximum atomic E-state index is 12.7. The van der Waals surface area contributed by atoms with Gasteiger partial charge in [-0.1, -0.05) is 104 Å². The van der Waals surface area contributed by atoms with Gasteiger partial charge in [0.05, 0.1) is 6.17 Å². The Hall–Kier alpha value is -2.57. The molecule has 282 valence electrons. The van der Waals surface area contributed by atoms with Crippen LogP contribution in [0.3, 0.4) is 0 Å². The molecule has 1 aromatic rings. The number of halogens is 2. The number of carbonyl (C=O) groups is 1. The molecule has 0 radical (unpaired) electrons.